The molecule has 2 N–H and O–H groups in total. The predicted molar refractivity (Wildman–Crippen MR) is 139 cm³/mol. The first-order valence-corrected chi connectivity index (χ1v) is 12.0. The number of allylic oxidation sites excluding steroid dienone is 1. The van der Waals surface area contributed by atoms with E-state index < -0.39 is 12.2 Å². The minimum Gasteiger partial charge on any atom is -0.444 e. The third-order valence-corrected chi connectivity index (χ3v) is 5.90. The number of aromatic nitrogens is 3. The van der Waals surface area contributed by atoms with Gasteiger partial charge in [-0.25, -0.2) is 14.3 Å². The molecule has 12 heteroatoms. The number of hydrogen-bond acceptors (Lipinski definition) is 8. The predicted octanol–water partition coefficient (Wildman–Crippen LogP) is 4.13. The van der Waals surface area contributed by atoms with E-state index in [4.69, 9.17) is 10.1 Å². The van der Waals surface area contributed by atoms with Crippen molar-refractivity contribution in [3.8, 4) is 17.2 Å². The number of alkyl halides is 2. The average Bonchev–Trinajstić information content (AvgIpc) is 3.31. The number of piperazine rings is 1. The molecule has 198 valence electrons. The van der Waals surface area contributed by atoms with E-state index in [0.717, 1.165) is 18.2 Å². The maximum absolute atomic E-state index is 12.7. The molecule has 0 spiro atoms. The Hall–Kier alpha value is -4.53. The van der Waals surface area contributed by atoms with Crippen molar-refractivity contribution in [3.63, 3.8) is 0 Å². The van der Waals surface area contributed by atoms with Crippen LogP contribution >= 0.6 is 0 Å². The Bertz CT molecular complexity index is 1400. The number of anilines is 1. The third-order valence-electron chi connectivity index (χ3n) is 5.90. The summed E-state index contributed by atoms with van der Waals surface area (Å²) in [6.07, 6.45) is 6.38. The maximum Gasteiger partial charge on any atom is 0.410 e. The number of ether oxygens (including phenoxy) is 1. The molecule has 4 heterocycles. The Morgan fingerprint density at radius 1 is 1.24 bits per heavy atom. The van der Waals surface area contributed by atoms with Crippen molar-refractivity contribution < 1.29 is 18.3 Å². The summed E-state index contributed by atoms with van der Waals surface area (Å²) < 4.78 is 32.3. The van der Waals surface area contributed by atoms with Gasteiger partial charge in [-0.1, -0.05) is 0 Å². The van der Waals surface area contributed by atoms with Gasteiger partial charge in [0.15, 0.2) is 0 Å². The van der Waals surface area contributed by atoms with E-state index >= 15 is 0 Å². The number of carbonyl (C=O) groups is 1. The second kappa shape index (κ2) is 10.8. The summed E-state index contributed by atoms with van der Waals surface area (Å²) in [6, 6.07) is 7.57. The van der Waals surface area contributed by atoms with Crippen molar-refractivity contribution in [1.29, 1.82) is 10.7 Å². The zero-order valence-corrected chi connectivity index (χ0v) is 21.3. The molecule has 0 atom stereocenters. The Kier molecular flexibility index (Phi) is 7.57. The van der Waals surface area contributed by atoms with Crippen LogP contribution in [0.15, 0.2) is 43.0 Å². The van der Waals surface area contributed by atoms with Crippen molar-refractivity contribution in [2.24, 2.45) is 0 Å². The fourth-order valence-electron chi connectivity index (χ4n) is 4.12. The number of pyridine rings is 2. The van der Waals surface area contributed by atoms with E-state index in [-0.39, 0.29) is 11.7 Å². The molecule has 1 aliphatic rings. The number of halogens is 2. The van der Waals surface area contributed by atoms with Crippen LogP contribution in [0.1, 0.15) is 31.9 Å². The first kappa shape index (κ1) is 26.5. The molecule has 1 saturated heterocycles. The summed E-state index contributed by atoms with van der Waals surface area (Å²) in [5, 5.41) is 23.4. The number of nitrogens with zero attached hydrogens (tertiary/aromatic N) is 6. The average molecular weight is 523 g/mol. The van der Waals surface area contributed by atoms with Gasteiger partial charge in [0.05, 0.1) is 17.3 Å². The first-order chi connectivity index (χ1) is 18.1. The van der Waals surface area contributed by atoms with Gasteiger partial charge in [0.1, 0.15) is 17.5 Å². The van der Waals surface area contributed by atoms with Crippen LogP contribution in [-0.2, 0) is 4.74 Å². The van der Waals surface area contributed by atoms with Gasteiger partial charge in [0, 0.05) is 73.3 Å². The van der Waals surface area contributed by atoms with Gasteiger partial charge in [-0.15, -0.1) is 0 Å². The summed E-state index contributed by atoms with van der Waals surface area (Å²) in [5.41, 5.74) is 2.33. The normalized spacial score (nSPS) is 14.5. The van der Waals surface area contributed by atoms with Gasteiger partial charge >= 0.3 is 12.6 Å². The Balaban J connectivity index is 1.60. The van der Waals surface area contributed by atoms with Crippen LogP contribution < -0.4 is 10.2 Å². The summed E-state index contributed by atoms with van der Waals surface area (Å²) in [4.78, 5) is 20.7. The minimum absolute atomic E-state index is 0.217. The van der Waals surface area contributed by atoms with Crippen LogP contribution in [0.25, 0.3) is 22.2 Å². The number of rotatable bonds is 6. The molecule has 0 radical (unpaired) electrons. The fraction of sp³-hybridized carbons (Fsp3) is 0.346. The second-order valence-corrected chi connectivity index (χ2v) is 9.68. The molecular weight excluding hydrogens is 494 g/mol. The Morgan fingerprint density at radius 2 is 1.97 bits per heavy atom. The zero-order valence-electron chi connectivity index (χ0n) is 21.3. The lowest BCUT2D eigenvalue weighted by Crippen LogP contribution is -2.50. The molecule has 4 rings (SSSR count). The molecule has 0 saturated carbocycles. The van der Waals surface area contributed by atoms with Gasteiger partial charge < -0.3 is 25.3 Å². The van der Waals surface area contributed by atoms with Gasteiger partial charge in [-0.2, -0.15) is 19.1 Å². The Labute approximate surface area is 218 Å². The molecule has 0 unspecified atom stereocenters. The quantitative estimate of drug-likeness (QED) is 0.369. The highest BCUT2D eigenvalue weighted by atomic mass is 19.3. The number of amides is 1. The van der Waals surface area contributed by atoms with Crippen molar-refractivity contribution in [2.45, 2.75) is 32.9 Å². The van der Waals surface area contributed by atoms with E-state index in [0.29, 0.717) is 53.9 Å². The summed E-state index contributed by atoms with van der Waals surface area (Å²) in [6.45, 7) is 4.94. The highest BCUT2D eigenvalue weighted by Gasteiger charge is 2.26. The highest BCUT2D eigenvalue weighted by Crippen LogP contribution is 2.31. The molecular formula is C26H28F2N8O2. The van der Waals surface area contributed by atoms with Gasteiger partial charge in [0.25, 0.3) is 0 Å². The number of carbonyl (C=O) groups excluding carboxylic acids is 1. The molecule has 0 aromatic carbocycles. The van der Waals surface area contributed by atoms with Gasteiger partial charge in [0.2, 0.25) is 0 Å². The zero-order chi connectivity index (χ0) is 27.4. The van der Waals surface area contributed by atoms with Crippen LogP contribution in [0, 0.1) is 16.7 Å². The largest absolute Gasteiger partial charge is 0.444 e. The fourth-order valence-corrected chi connectivity index (χ4v) is 4.12. The monoisotopic (exact) mass is 522 g/mol. The van der Waals surface area contributed by atoms with Crippen LogP contribution in [0.2, 0.25) is 0 Å². The second-order valence-electron chi connectivity index (χ2n) is 9.68. The lowest BCUT2D eigenvalue weighted by atomic mass is 10.0. The molecule has 1 fully saturated rings. The topological polar surface area (TPSA) is 123 Å². The smallest absolute Gasteiger partial charge is 0.410 e. The van der Waals surface area contributed by atoms with E-state index in [1.807, 2.05) is 38.2 Å². The first-order valence-electron chi connectivity index (χ1n) is 12.0. The third kappa shape index (κ3) is 5.88. The Morgan fingerprint density at radius 3 is 2.55 bits per heavy atom. The van der Waals surface area contributed by atoms with E-state index in [1.54, 1.807) is 23.4 Å². The number of fused-ring (bicyclic) bond motifs is 1. The number of nitriles is 1. The molecule has 0 bridgehead atoms. The number of hydrogen-bond donors (Lipinski definition) is 2. The SMILES string of the molecule is CC(C)(C)OC(=O)N1CCN(c2ccc(-c3cc(/C(C=N)=C/NC(F)F)cn4ncc(C#N)c34)cn2)CC1. The summed E-state index contributed by atoms with van der Waals surface area (Å²) in [7, 11) is 0. The van der Waals surface area contributed by atoms with Gasteiger partial charge in [-0.3, -0.25) is 0 Å². The molecule has 1 aliphatic heterocycles. The van der Waals surface area contributed by atoms with E-state index in [2.05, 4.69) is 21.1 Å². The van der Waals surface area contributed by atoms with E-state index in [1.165, 1.54) is 10.7 Å². The summed E-state index contributed by atoms with van der Waals surface area (Å²) in [5.74, 6) is 0.736. The minimum atomic E-state index is -2.77. The standard InChI is InChI=1S/C26H28F2N8O2/c1-26(2,3)38-25(37)35-8-6-34(7-9-35)22-5-4-17(13-31-22)21-10-18(19(11-29)14-32-24(27)28)16-36-23(21)20(12-30)15-33-36/h4-5,10-11,13-16,24,29,32H,6-9H2,1-3H3/b19-14+,29-11?. The van der Waals surface area contributed by atoms with Crippen molar-refractivity contribution in [1.82, 2.24) is 24.8 Å². The van der Waals surface area contributed by atoms with Crippen molar-refractivity contribution >= 4 is 29.2 Å². The number of nitrogens with one attached hydrogen (secondary N) is 2. The van der Waals surface area contributed by atoms with Crippen molar-refractivity contribution in [2.75, 3.05) is 31.1 Å². The van der Waals surface area contributed by atoms with Crippen LogP contribution in [-0.4, -0.2) is 70.1 Å². The molecule has 38 heavy (non-hydrogen) atoms. The van der Waals surface area contributed by atoms with Gasteiger partial charge in [-0.05, 0) is 39.0 Å². The van der Waals surface area contributed by atoms with Crippen LogP contribution in [0.4, 0.5) is 19.4 Å². The molecule has 10 nitrogen and oxygen atoms in total. The molecule has 3 aromatic heterocycles. The maximum atomic E-state index is 12.7. The highest BCUT2D eigenvalue weighted by molar-refractivity contribution is 6.08. The lowest BCUT2D eigenvalue weighted by molar-refractivity contribution is 0.0240. The van der Waals surface area contributed by atoms with E-state index in [9.17, 15) is 18.8 Å². The molecule has 3 aromatic rings. The molecule has 0 aliphatic carbocycles. The van der Waals surface area contributed by atoms with Crippen LogP contribution in [0.5, 0.6) is 0 Å². The van der Waals surface area contributed by atoms with Crippen molar-refractivity contribution in [3.05, 3.63) is 54.1 Å². The van der Waals surface area contributed by atoms with Crippen LogP contribution in [0.3, 0.4) is 0 Å². The summed E-state index contributed by atoms with van der Waals surface area (Å²) >= 11 is 0. The molecule has 1 amide bonds. The lowest BCUT2D eigenvalue weighted by Gasteiger charge is -2.36.